The lowest BCUT2D eigenvalue weighted by Crippen LogP contribution is -2.65. The molecule has 0 heterocycles. The standard InChI is InChI=1S/C13H24N2O2/c1-10-4-2-5-12(8-10,9-16)15-11(17)13(14)6-3-7-13/h10,16H,2-9,14H2,1H3,(H,15,17). The summed E-state index contributed by atoms with van der Waals surface area (Å²) in [6.07, 6.45) is 6.57. The topological polar surface area (TPSA) is 75.3 Å². The second kappa shape index (κ2) is 4.58. The van der Waals surface area contributed by atoms with Crippen LogP contribution in [0, 0.1) is 5.92 Å². The molecule has 0 aromatic carbocycles. The van der Waals surface area contributed by atoms with E-state index in [0.717, 1.165) is 38.5 Å². The van der Waals surface area contributed by atoms with Crippen molar-refractivity contribution in [2.45, 2.75) is 62.9 Å². The Morgan fingerprint density at radius 3 is 2.59 bits per heavy atom. The van der Waals surface area contributed by atoms with Gasteiger partial charge in [-0.2, -0.15) is 0 Å². The molecule has 0 radical (unpaired) electrons. The minimum atomic E-state index is -0.664. The van der Waals surface area contributed by atoms with Gasteiger partial charge in [-0.05, 0) is 38.0 Å². The Kier molecular flexibility index (Phi) is 3.46. The van der Waals surface area contributed by atoms with Gasteiger partial charge in [-0.15, -0.1) is 0 Å². The Hall–Kier alpha value is -0.610. The Morgan fingerprint density at radius 1 is 1.41 bits per heavy atom. The average molecular weight is 240 g/mol. The van der Waals surface area contributed by atoms with Crippen LogP contribution < -0.4 is 11.1 Å². The average Bonchev–Trinajstić information content (AvgIpc) is 2.25. The third-order valence-electron chi connectivity index (χ3n) is 4.47. The monoisotopic (exact) mass is 240 g/mol. The van der Waals surface area contributed by atoms with Crippen LogP contribution in [0.15, 0.2) is 0 Å². The lowest BCUT2D eigenvalue weighted by atomic mass is 9.73. The summed E-state index contributed by atoms with van der Waals surface area (Å²) < 4.78 is 0. The van der Waals surface area contributed by atoms with E-state index in [-0.39, 0.29) is 12.5 Å². The largest absolute Gasteiger partial charge is 0.394 e. The number of nitrogens with one attached hydrogen (secondary N) is 1. The molecule has 2 saturated carbocycles. The second-order valence-corrected chi connectivity index (χ2v) is 6.10. The number of aliphatic hydroxyl groups is 1. The van der Waals surface area contributed by atoms with E-state index in [4.69, 9.17) is 5.73 Å². The predicted octanol–water partition coefficient (Wildman–Crippen LogP) is 0.925. The van der Waals surface area contributed by atoms with Crippen molar-refractivity contribution in [3.8, 4) is 0 Å². The van der Waals surface area contributed by atoms with Gasteiger partial charge in [0.2, 0.25) is 5.91 Å². The van der Waals surface area contributed by atoms with Gasteiger partial charge in [0.1, 0.15) is 0 Å². The van der Waals surface area contributed by atoms with Crippen molar-refractivity contribution < 1.29 is 9.90 Å². The summed E-state index contributed by atoms with van der Waals surface area (Å²) in [6.45, 7) is 2.20. The van der Waals surface area contributed by atoms with Crippen molar-refractivity contribution in [3.05, 3.63) is 0 Å². The minimum Gasteiger partial charge on any atom is -0.394 e. The molecule has 0 aliphatic heterocycles. The van der Waals surface area contributed by atoms with Crippen LogP contribution in [0.3, 0.4) is 0 Å². The van der Waals surface area contributed by atoms with E-state index in [9.17, 15) is 9.90 Å². The minimum absolute atomic E-state index is 0.0269. The SMILES string of the molecule is CC1CCCC(CO)(NC(=O)C2(N)CCC2)C1. The first-order valence-electron chi connectivity index (χ1n) is 6.72. The molecule has 0 spiro atoms. The third kappa shape index (κ3) is 2.47. The van der Waals surface area contributed by atoms with Gasteiger partial charge in [-0.1, -0.05) is 19.8 Å². The number of aliphatic hydroxyl groups excluding tert-OH is 1. The van der Waals surface area contributed by atoms with Gasteiger partial charge in [0.05, 0.1) is 17.7 Å². The summed E-state index contributed by atoms with van der Waals surface area (Å²) in [6, 6.07) is 0. The molecule has 2 aliphatic carbocycles. The maximum absolute atomic E-state index is 12.1. The highest BCUT2D eigenvalue weighted by molar-refractivity contribution is 5.87. The number of hydrogen-bond donors (Lipinski definition) is 3. The van der Waals surface area contributed by atoms with Gasteiger partial charge < -0.3 is 16.2 Å². The first kappa shape index (κ1) is 12.8. The van der Waals surface area contributed by atoms with E-state index in [1.165, 1.54) is 6.42 Å². The van der Waals surface area contributed by atoms with E-state index < -0.39 is 11.1 Å². The molecule has 0 aromatic rings. The molecule has 0 bridgehead atoms. The molecule has 0 aromatic heterocycles. The molecule has 2 unspecified atom stereocenters. The van der Waals surface area contributed by atoms with E-state index in [2.05, 4.69) is 12.2 Å². The number of carbonyl (C=O) groups is 1. The smallest absolute Gasteiger partial charge is 0.240 e. The van der Waals surface area contributed by atoms with Crippen LogP contribution in [0.25, 0.3) is 0 Å². The number of nitrogens with two attached hydrogens (primary N) is 1. The molecular formula is C13H24N2O2. The molecule has 4 N–H and O–H groups in total. The molecule has 17 heavy (non-hydrogen) atoms. The van der Waals surface area contributed by atoms with Crippen LogP contribution in [-0.4, -0.2) is 28.7 Å². The zero-order valence-electron chi connectivity index (χ0n) is 10.7. The maximum atomic E-state index is 12.1. The van der Waals surface area contributed by atoms with E-state index in [1.54, 1.807) is 0 Å². The summed E-state index contributed by atoms with van der Waals surface area (Å²) in [7, 11) is 0. The van der Waals surface area contributed by atoms with Gasteiger partial charge >= 0.3 is 0 Å². The van der Waals surface area contributed by atoms with Gasteiger partial charge in [0, 0.05) is 0 Å². The molecule has 4 nitrogen and oxygen atoms in total. The van der Waals surface area contributed by atoms with Crippen molar-refractivity contribution in [2.24, 2.45) is 11.7 Å². The molecular weight excluding hydrogens is 216 g/mol. The fraction of sp³-hybridized carbons (Fsp3) is 0.923. The fourth-order valence-electron chi connectivity index (χ4n) is 3.11. The first-order chi connectivity index (χ1) is 8.00. The van der Waals surface area contributed by atoms with E-state index in [1.807, 2.05) is 0 Å². The van der Waals surface area contributed by atoms with Gasteiger partial charge in [0.15, 0.2) is 0 Å². The van der Waals surface area contributed by atoms with Gasteiger partial charge in [-0.3, -0.25) is 4.79 Å². The van der Waals surface area contributed by atoms with Crippen molar-refractivity contribution in [3.63, 3.8) is 0 Å². The summed E-state index contributed by atoms with van der Waals surface area (Å²) in [4.78, 5) is 12.1. The highest BCUT2D eigenvalue weighted by Crippen LogP contribution is 2.34. The van der Waals surface area contributed by atoms with Crippen LogP contribution in [0.5, 0.6) is 0 Å². The van der Waals surface area contributed by atoms with E-state index in [0.29, 0.717) is 5.92 Å². The van der Waals surface area contributed by atoms with Crippen LogP contribution in [0.1, 0.15) is 51.9 Å². The Bertz CT molecular complexity index is 302. The van der Waals surface area contributed by atoms with Gasteiger partial charge in [-0.25, -0.2) is 0 Å². The lowest BCUT2D eigenvalue weighted by molar-refractivity contribution is -0.132. The van der Waals surface area contributed by atoms with Crippen molar-refractivity contribution in [1.82, 2.24) is 5.32 Å². The van der Waals surface area contributed by atoms with E-state index >= 15 is 0 Å². The molecule has 2 atom stereocenters. The lowest BCUT2D eigenvalue weighted by Gasteiger charge is -2.44. The normalized spacial score (nSPS) is 36.1. The van der Waals surface area contributed by atoms with Crippen molar-refractivity contribution >= 4 is 5.91 Å². The molecule has 2 aliphatic rings. The molecule has 4 heteroatoms. The number of hydrogen-bond acceptors (Lipinski definition) is 3. The highest BCUT2D eigenvalue weighted by atomic mass is 16.3. The summed E-state index contributed by atoms with van der Waals surface area (Å²) in [5.41, 5.74) is 4.93. The number of carbonyl (C=O) groups excluding carboxylic acids is 1. The molecule has 2 rings (SSSR count). The summed E-state index contributed by atoms with van der Waals surface area (Å²) in [5, 5.41) is 12.7. The van der Waals surface area contributed by atoms with Crippen molar-refractivity contribution in [1.29, 1.82) is 0 Å². The second-order valence-electron chi connectivity index (χ2n) is 6.10. The predicted molar refractivity (Wildman–Crippen MR) is 66.4 cm³/mol. The number of rotatable bonds is 3. The third-order valence-corrected chi connectivity index (χ3v) is 4.47. The summed E-state index contributed by atoms with van der Waals surface area (Å²) >= 11 is 0. The maximum Gasteiger partial charge on any atom is 0.240 e. The molecule has 0 saturated heterocycles. The van der Waals surface area contributed by atoms with Crippen LogP contribution in [0.2, 0.25) is 0 Å². The Morgan fingerprint density at radius 2 is 2.12 bits per heavy atom. The van der Waals surface area contributed by atoms with Crippen LogP contribution in [0.4, 0.5) is 0 Å². The quantitative estimate of drug-likeness (QED) is 0.687. The van der Waals surface area contributed by atoms with Crippen LogP contribution in [-0.2, 0) is 4.79 Å². The zero-order chi connectivity index (χ0) is 12.5. The molecule has 98 valence electrons. The number of amides is 1. The fourth-order valence-corrected chi connectivity index (χ4v) is 3.11. The first-order valence-corrected chi connectivity index (χ1v) is 6.72. The van der Waals surface area contributed by atoms with Gasteiger partial charge in [0.25, 0.3) is 0 Å². The summed E-state index contributed by atoms with van der Waals surface area (Å²) in [5.74, 6) is 0.498. The Balaban J connectivity index is 2.01. The molecule has 2 fully saturated rings. The van der Waals surface area contributed by atoms with Crippen LogP contribution >= 0.6 is 0 Å². The Labute approximate surface area is 103 Å². The zero-order valence-corrected chi connectivity index (χ0v) is 10.7. The molecule has 1 amide bonds. The highest BCUT2D eigenvalue weighted by Gasteiger charge is 2.44. The van der Waals surface area contributed by atoms with Crippen molar-refractivity contribution in [2.75, 3.05) is 6.61 Å².